The Bertz CT molecular complexity index is 598. The molecule has 1 amide bonds. The summed E-state index contributed by atoms with van der Waals surface area (Å²) in [5, 5.41) is 7.00. The van der Waals surface area contributed by atoms with Crippen molar-refractivity contribution in [1.82, 2.24) is 10.6 Å². The summed E-state index contributed by atoms with van der Waals surface area (Å²) in [5.74, 6) is 0.809. The molecule has 20 heavy (non-hydrogen) atoms. The summed E-state index contributed by atoms with van der Waals surface area (Å²) in [6.45, 7) is 3.38. The molecule has 0 fully saturated rings. The first-order valence-electron chi connectivity index (χ1n) is 6.17. The molecule has 0 saturated carbocycles. The van der Waals surface area contributed by atoms with E-state index in [-0.39, 0.29) is 18.3 Å². The number of amides is 1. The van der Waals surface area contributed by atoms with Crippen LogP contribution in [-0.4, -0.2) is 33.2 Å². The van der Waals surface area contributed by atoms with Crippen LogP contribution in [0.5, 0.6) is 5.75 Å². The Kier molecular flexibility index (Phi) is 6.26. The van der Waals surface area contributed by atoms with Crippen LogP contribution in [-0.2, 0) is 0 Å². The van der Waals surface area contributed by atoms with Gasteiger partial charge in [0.25, 0.3) is 5.91 Å². The van der Waals surface area contributed by atoms with Gasteiger partial charge in [0.05, 0.1) is 12.0 Å². The second-order valence-corrected chi connectivity index (χ2v) is 5.33. The summed E-state index contributed by atoms with van der Waals surface area (Å²) >= 11 is 1.52. The van der Waals surface area contributed by atoms with E-state index in [1.54, 1.807) is 7.11 Å². The summed E-state index contributed by atoms with van der Waals surface area (Å²) in [6, 6.07) is 5.89. The van der Waals surface area contributed by atoms with Crippen LogP contribution in [0.25, 0.3) is 10.1 Å². The maximum atomic E-state index is 12.1. The van der Waals surface area contributed by atoms with Crippen LogP contribution < -0.4 is 15.4 Å². The number of ether oxygens (including phenoxy) is 1. The minimum atomic E-state index is -0.00656. The van der Waals surface area contributed by atoms with E-state index in [9.17, 15) is 4.79 Å². The van der Waals surface area contributed by atoms with Crippen LogP contribution in [0.1, 0.15) is 15.2 Å². The molecule has 4 nitrogen and oxygen atoms in total. The highest BCUT2D eigenvalue weighted by molar-refractivity contribution is 7.21. The molecule has 1 heterocycles. The van der Waals surface area contributed by atoms with Gasteiger partial charge in [0, 0.05) is 17.8 Å². The van der Waals surface area contributed by atoms with Gasteiger partial charge < -0.3 is 15.4 Å². The van der Waals surface area contributed by atoms with E-state index in [2.05, 4.69) is 10.6 Å². The fourth-order valence-corrected chi connectivity index (χ4v) is 3.03. The summed E-state index contributed by atoms with van der Waals surface area (Å²) < 4.78 is 6.33. The summed E-state index contributed by atoms with van der Waals surface area (Å²) in [4.78, 5) is 12.9. The average Bonchev–Trinajstić information content (AvgIpc) is 2.76. The lowest BCUT2D eigenvalue weighted by Crippen LogP contribution is -2.30. The van der Waals surface area contributed by atoms with Gasteiger partial charge >= 0.3 is 0 Å². The molecule has 1 aromatic heterocycles. The normalized spacial score (nSPS) is 10.2. The van der Waals surface area contributed by atoms with E-state index in [1.807, 2.05) is 32.2 Å². The van der Waals surface area contributed by atoms with Crippen molar-refractivity contribution in [3.05, 3.63) is 28.6 Å². The fraction of sp³-hybridized carbons (Fsp3) is 0.357. The van der Waals surface area contributed by atoms with Crippen LogP contribution in [0.3, 0.4) is 0 Å². The maximum absolute atomic E-state index is 12.1. The van der Waals surface area contributed by atoms with Crippen molar-refractivity contribution in [3.8, 4) is 5.75 Å². The minimum absolute atomic E-state index is 0. The molecular weight excluding hydrogens is 296 g/mol. The highest BCUT2D eigenvalue weighted by atomic mass is 35.5. The van der Waals surface area contributed by atoms with E-state index in [0.717, 1.165) is 32.8 Å². The molecule has 0 aliphatic heterocycles. The van der Waals surface area contributed by atoms with Crippen LogP contribution in [0.15, 0.2) is 18.2 Å². The van der Waals surface area contributed by atoms with Crippen LogP contribution in [0.2, 0.25) is 0 Å². The third-order valence-electron chi connectivity index (χ3n) is 3.01. The number of aryl methyl sites for hydroxylation is 1. The Labute approximate surface area is 128 Å². The van der Waals surface area contributed by atoms with Crippen LogP contribution >= 0.6 is 23.7 Å². The van der Waals surface area contributed by atoms with Gasteiger partial charge in [-0.05, 0) is 43.1 Å². The first-order valence-corrected chi connectivity index (χ1v) is 6.99. The Morgan fingerprint density at radius 2 is 2.10 bits per heavy atom. The van der Waals surface area contributed by atoms with E-state index < -0.39 is 0 Å². The van der Waals surface area contributed by atoms with Gasteiger partial charge in [0.2, 0.25) is 0 Å². The molecular formula is C14H19ClN2O2S. The zero-order chi connectivity index (χ0) is 13.8. The van der Waals surface area contributed by atoms with Crippen molar-refractivity contribution in [2.24, 2.45) is 0 Å². The SMILES string of the molecule is CNCCNC(=O)c1sc2ccc(OC)cc2c1C.Cl. The van der Waals surface area contributed by atoms with Crippen LogP contribution in [0, 0.1) is 6.92 Å². The Morgan fingerprint density at radius 1 is 1.35 bits per heavy atom. The second kappa shape index (κ2) is 7.47. The number of halogens is 1. The average molecular weight is 315 g/mol. The lowest BCUT2D eigenvalue weighted by molar-refractivity contribution is 0.0957. The molecule has 2 aromatic rings. The van der Waals surface area contributed by atoms with E-state index >= 15 is 0 Å². The molecule has 0 unspecified atom stereocenters. The number of hydrogen-bond acceptors (Lipinski definition) is 4. The van der Waals surface area contributed by atoms with Gasteiger partial charge in [-0.1, -0.05) is 0 Å². The van der Waals surface area contributed by atoms with Crippen LogP contribution in [0.4, 0.5) is 0 Å². The minimum Gasteiger partial charge on any atom is -0.497 e. The van der Waals surface area contributed by atoms with Gasteiger partial charge in [-0.15, -0.1) is 23.7 Å². The van der Waals surface area contributed by atoms with Gasteiger partial charge in [-0.2, -0.15) is 0 Å². The highest BCUT2D eigenvalue weighted by Gasteiger charge is 2.15. The van der Waals surface area contributed by atoms with E-state index in [4.69, 9.17) is 4.74 Å². The first-order chi connectivity index (χ1) is 9.17. The summed E-state index contributed by atoms with van der Waals surface area (Å²) in [7, 11) is 3.51. The molecule has 0 spiro atoms. The predicted octanol–water partition coefficient (Wildman–Crippen LogP) is 2.59. The van der Waals surface area contributed by atoms with Crippen molar-refractivity contribution in [3.63, 3.8) is 0 Å². The molecule has 2 rings (SSSR count). The number of methoxy groups -OCH3 is 1. The number of fused-ring (bicyclic) bond motifs is 1. The molecule has 0 aliphatic carbocycles. The van der Waals surface area contributed by atoms with Gasteiger partial charge in [0.1, 0.15) is 5.75 Å². The molecule has 6 heteroatoms. The van der Waals surface area contributed by atoms with Crippen molar-refractivity contribution >= 4 is 39.7 Å². The summed E-state index contributed by atoms with van der Waals surface area (Å²) in [5.41, 5.74) is 1.01. The first kappa shape index (κ1) is 16.8. The monoisotopic (exact) mass is 314 g/mol. The highest BCUT2D eigenvalue weighted by Crippen LogP contribution is 2.33. The number of likely N-dealkylation sites (N-methyl/N-ethyl adjacent to an activating group) is 1. The molecule has 0 saturated heterocycles. The number of carbonyl (C=O) groups excluding carboxylic acids is 1. The van der Waals surface area contributed by atoms with Gasteiger partial charge in [-0.25, -0.2) is 0 Å². The smallest absolute Gasteiger partial charge is 0.261 e. The molecule has 0 radical (unpaired) electrons. The maximum Gasteiger partial charge on any atom is 0.261 e. The fourth-order valence-electron chi connectivity index (χ4n) is 1.92. The predicted molar refractivity (Wildman–Crippen MR) is 86.6 cm³/mol. The molecule has 1 aromatic carbocycles. The summed E-state index contributed by atoms with van der Waals surface area (Å²) in [6.07, 6.45) is 0. The van der Waals surface area contributed by atoms with Gasteiger partial charge in [0.15, 0.2) is 0 Å². The number of thiophene rings is 1. The Hall–Kier alpha value is -1.30. The standard InChI is InChI=1S/C14H18N2O2S.ClH/c1-9-11-8-10(18-3)4-5-12(11)19-13(9)14(17)16-7-6-15-2;/h4-5,8,15H,6-7H2,1-3H3,(H,16,17);1H. The number of benzene rings is 1. The Balaban J connectivity index is 0.00000200. The number of nitrogens with one attached hydrogen (secondary N) is 2. The Morgan fingerprint density at radius 3 is 2.75 bits per heavy atom. The molecule has 110 valence electrons. The zero-order valence-corrected chi connectivity index (χ0v) is 13.4. The second-order valence-electron chi connectivity index (χ2n) is 4.28. The quantitative estimate of drug-likeness (QED) is 0.834. The molecule has 0 bridgehead atoms. The molecule has 0 atom stereocenters. The third-order valence-corrected chi connectivity index (χ3v) is 4.28. The van der Waals surface area contributed by atoms with Crippen molar-refractivity contribution in [2.45, 2.75) is 6.92 Å². The van der Waals surface area contributed by atoms with Gasteiger partial charge in [-0.3, -0.25) is 4.79 Å². The lowest BCUT2D eigenvalue weighted by Gasteiger charge is -2.03. The topological polar surface area (TPSA) is 50.4 Å². The van der Waals surface area contributed by atoms with Crippen molar-refractivity contribution < 1.29 is 9.53 Å². The number of rotatable bonds is 5. The van der Waals surface area contributed by atoms with E-state index in [1.165, 1.54) is 11.3 Å². The van der Waals surface area contributed by atoms with E-state index in [0.29, 0.717) is 6.54 Å². The van der Waals surface area contributed by atoms with Crippen molar-refractivity contribution in [1.29, 1.82) is 0 Å². The zero-order valence-electron chi connectivity index (χ0n) is 11.8. The number of hydrogen-bond donors (Lipinski definition) is 2. The van der Waals surface area contributed by atoms with Crippen molar-refractivity contribution in [2.75, 3.05) is 27.2 Å². The molecule has 2 N–H and O–H groups in total. The molecule has 0 aliphatic rings. The lowest BCUT2D eigenvalue weighted by atomic mass is 10.1. The number of carbonyl (C=O) groups is 1. The largest absolute Gasteiger partial charge is 0.497 e. The third kappa shape index (κ3) is 3.42.